The van der Waals surface area contributed by atoms with Gasteiger partial charge in [0.2, 0.25) is 10.0 Å². The van der Waals surface area contributed by atoms with Crippen LogP contribution in [0.25, 0.3) is 0 Å². The van der Waals surface area contributed by atoms with Crippen LogP contribution in [0.3, 0.4) is 0 Å². The summed E-state index contributed by atoms with van der Waals surface area (Å²) in [6.07, 6.45) is 1.65. The SMILES string of the molecule is Cc1c(CN)cccc1S(=O)(=O)N(C)Cc1ccccn1. The highest BCUT2D eigenvalue weighted by molar-refractivity contribution is 7.89. The van der Waals surface area contributed by atoms with Crippen LogP contribution in [0.5, 0.6) is 0 Å². The maximum atomic E-state index is 12.7. The molecule has 6 heteroatoms. The molecule has 5 nitrogen and oxygen atoms in total. The molecule has 0 bridgehead atoms. The third-order valence-corrected chi connectivity index (χ3v) is 5.36. The Balaban J connectivity index is 2.34. The van der Waals surface area contributed by atoms with Gasteiger partial charge < -0.3 is 5.73 Å². The molecule has 112 valence electrons. The van der Waals surface area contributed by atoms with Crippen molar-refractivity contribution in [2.75, 3.05) is 7.05 Å². The van der Waals surface area contributed by atoms with Crippen molar-refractivity contribution < 1.29 is 8.42 Å². The highest BCUT2D eigenvalue weighted by Gasteiger charge is 2.23. The van der Waals surface area contributed by atoms with Crippen LogP contribution in [0.4, 0.5) is 0 Å². The minimum absolute atomic E-state index is 0.232. The summed E-state index contributed by atoms with van der Waals surface area (Å²) < 4.78 is 26.7. The predicted octanol–water partition coefficient (Wildman–Crippen LogP) is 1.67. The van der Waals surface area contributed by atoms with E-state index in [0.29, 0.717) is 22.7 Å². The Bertz CT molecular complexity index is 715. The molecule has 1 aromatic carbocycles. The van der Waals surface area contributed by atoms with E-state index < -0.39 is 10.0 Å². The first-order valence-electron chi connectivity index (χ1n) is 6.61. The monoisotopic (exact) mass is 305 g/mol. The zero-order valence-electron chi connectivity index (χ0n) is 12.2. The molecule has 0 aliphatic carbocycles. The number of hydrogen-bond donors (Lipinski definition) is 1. The molecule has 0 radical (unpaired) electrons. The van der Waals surface area contributed by atoms with E-state index in [2.05, 4.69) is 4.98 Å². The van der Waals surface area contributed by atoms with E-state index in [0.717, 1.165) is 5.56 Å². The fraction of sp³-hybridized carbons (Fsp3) is 0.267. The molecule has 1 heterocycles. The van der Waals surface area contributed by atoms with E-state index in [9.17, 15) is 8.42 Å². The molecule has 2 N–H and O–H groups in total. The van der Waals surface area contributed by atoms with Crippen molar-refractivity contribution in [1.29, 1.82) is 0 Å². The largest absolute Gasteiger partial charge is 0.326 e. The molecule has 0 atom stereocenters. The third kappa shape index (κ3) is 3.29. The van der Waals surface area contributed by atoms with Crippen molar-refractivity contribution >= 4 is 10.0 Å². The van der Waals surface area contributed by atoms with Gasteiger partial charge in [-0.25, -0.2) is 8.42 Å². The van der Waals surface area contributed by atoms with Gasteiger partial charge in [-0.15, -0.1) is 0 Å². The summed E-state index contributed by atoms with van der Waals surface area (Å²) in [6.45, 7) is 2.33. The van der Waals surface area contributed by atoms with Crippen LogP contribution < -0.4 is 5.73 Å². The van der Waals surface area contributed by atoms with Gasteiger partial charge in [-0.3, -0.25) is 4.98 Å². The van der Waals surface area contributed by atoms with Gasteiger partial charge in [-0.05, 0) is 36.2 Å². The Hall–Kier alpha value is -1.76. The van der Waals surface area contributed by atoms with Crippen molar-refractivity contribution in [3.8, 4) is 0 Å². The van der Waals surface area contributed by atoms with Gasteiger partial charge in [0.25, 0.3) is 0 Å². The van der Waals surface area contributed by atoms with Gasteiger partial charge >= 0.3 is 0 Å². The number of aromatic nitrogens is 1. The highest BCUT2D eigenvalue weighted by atomic mass is 32.2. The quantitative estimate of drug-likeness (QED) is 0.911. The van der Waals surface area contributed by atoms with E-state index >= 15 is 0 Å². The van der Waals surface area contributed by atoms with Gasteiger partial charge in [0, 0.05) is 19.8 Å². The first-order valence-corrected chi connectivity index (χ1v) is 8.05. The molecule has 0 aliphatic heterocycles. The number of rotatable bonds is 5. The molecule has 0 spiro atoms. The van der Waals surface area contributed by atoms with Gasteiger partial charge in [0.05, 0.1) is 17.1 Å². The molecule has 0 unspecified atom stereocenters. The molecule has 21 heavy (non-hydrogen) atoms. The second kappa shape index (κ2) is 6.34. The Morgan fingerprint density at radius 3 is 2.57 bits per heavy atom. The van der Waals surface area contributed by atoms with Gasteiger partial charge in [-0.2, -0.15) is 4.31 Å². The molecular formula is C15H19N3O2S. The van der Waals surface area contributed by atoms with Crippen molar-refractivity contribution in [3.05, 3.63) is 59.4 Å². The van der Waals surface area contributed by atoms with Crippen molar-refractivity contribution in [1.82, 2.24) is 9.29 Å². The number of nitrogens with two attached hydrogens (primary N) is 1. The average molecular weight is 305 g/mol. The molecular weight excluding hydrogens is 286 g/mol. The van der Waals surface area contributed by atoms with E-state index in [1.807, 2.05) is 12.1 Å². The standard InChI is InChI=1S/C15H19N3O2S/c1-12-13(10-16)6-5-8-15(12)21(19,20)18(2)11-14-7-3-4-9-17-14/h3-9H,10-11,16H2,1-2H3. The second-order valence-corrected chi connectivity index (χ2v) is 6.84. The van der Waals surface area contributed by atoms with Crippen LogP contribution in [0.1, 0.15) is 16.8 Å². The summed E-state index contributed by atoms with van der Waals surface area (Å²) in [5.74, 6) is 0. The fourth-order valence-corrected chi connectivity index (χ4v) is 3.54. The molecule has 0 fully saturated rings. The lowest BCUT2D eigenvalue weighted by molar-refractivity contribution is 0.461. The number of sulfonamides is 1. The van der Waals surface area contributed by atoms with E-state index in [1.165, 1.54) is 4.31 Å². The van der Waals surface area contributed by atoms with E-state index in [4.69, 9.17) is 5.73 Å². The van der Waals surface area contributed by atoms with Gasteiger partial charge in [0.15, 0.2) is 0 Å². The summed E-state index contributed by atoms with van der Waals surface area (Å²) in [6, 6.07) is 10.6. The lowest BCUT2D eigenvalue weighted by Gasteiger charge is -2.19. The topological polar surface area (TPSA) is 76.3 Å². The third-order valence-electron chi connectivity index (χ3n) is 3.42. The molecule has 0 amide bonds. The van der Waals surface area contributed by atoms with Crippen LogP contribution in [0.2, 0.25) is 0 Å². The van der Waals surface area contributed by atoms with Gasteiger partial charge in [0.1, 0.15) is 0 Å². The van der Waals surface area contributed by atoms with Crippen LogP contribution in [-0.4, -0.2) is 24.8 Å². The van der Waals surface area contributed by atoms with E-state index in [1.54, 1.807) is 44.4 Å². The molecule has 0 saturated carbocycles. The lowest BCUT2D eigenvalue weighted by atomic mass is 10.1. The highest BCUT2D eigenvalue weighted by Crippen LogP contribution is 2.22. The van der Waals surface area contributed by atoms with Crippen LogP contribution in [-0.2, 0) is 23.1 Å². The average Bonchev–Trinajstić information content (AvgIpc) is 2.48. The zero-order valence-corrected chi connectivity index (χ0v) is 13.0. The number of hydrogen-bond acceptors (Lipinski definition) is 4. The first-order chi connectivity index (χ1) is 9.96. The summed E-state index contributed by atoms with van der Waals surface area (Å²) in [5.41, 5.74) is 7.89. The number of pyridine rings is 1. The van der Waals surface area contributed by atoms with Crippen molar-refractivity contribution in [2.45, 2.75) is 24.9 Å². The Labute approximate surface area is 125 Å². The van der Waals surface area contributed by atoms with Crippen LogP contribution >= 0.6 is 0 Å². The second-order valence-electron chi connectivity index (χ2n) is 4.83. The summed E-state index contributed by atoms with van der Waals surface area (Å²) in [4.78, 5) is 4.45. The molecule has 1 aromatic heterocycles. The van der Waals surface area contributed by atoms with E-state index in [-0.39, 0.29) is 6.54 Å². The first kappa shape index (κ1) is 15.6. The van der Waals surface area contributed by atoms with Crippen LogP contribution in [0, 0.1) is 6.92 Å². The normalized spacial score (nSPS) is 11.8. The van der Waals surface area contributed by atoms with Crippen molar-refractivity contribution in [2.24, 2.45) is 5.73 Å². The minimum atomic E-state index is -3.56. The minimum Gasteiger partial charge on any atom is -0.326 e. The van der Waals surface area contributed by atoms with Crippen molar-refractivity contribution in [3.63, 3.8) is 0 Å². The number of benzene rings is 1. The molecule has 0 aliphatic rings. The number of nitrogens with zero attached hydrogens (tertiary/aromatic N) is 2. The molecule has 2 aromatic rings. The lowest BCUT2D eigenvalue weighted by Crippen LogP contribution is -2.27. The predicted molar refractivity (Wildman–Crippen MR) is 82.0 cm³/mol. The smallest absolute Gasteiger partial charge is 0.243 e. The summed E-state index contributed by atoms with van der Waals surface area (Å²) in [7, 11) is -2.01. The van der Waals surface area contributed by atoms with Gasteiger partial charge in [-0.1, -0.05) is 18.2 Å². The Morgan fingerprint density at radius 2 is 1.95 bits per heavy atom. The maximum absolute atomic E-state index is 12.7. The summed E-state index contributed by atoms with van der Waals surface area (Å²) in [5, 5.41) is 0. The molecule has 0 saturated heterocycles. The van der Waals surface area contributed by atoms with Crippen LogP contribution in [0.15, 0.2) is 47.5 Å². The maximum Gasteiger partial charge on any atom is 0.243 e. The molecule has 2 rings (SSSR count). The zero-order chi connectivity index (χ0) is 15.5. The summed E-state index contributed by atoms with van der Waals surface area (Å²) >= 11 is 0. The fourth-order valence-electron chi connectivity index (χ4n) is 2.13. The Kier molecular flexibility index (Phi) is 4.72. The Morgan fingerprint density at radius 1 is 1.19 bits per heavy atom.